The van der Waals surface area contributed by atoms with Crippen LogP contribution in [0.25, 0.3) is 0 Å². The Morgan fingerprint density at radius 1 is 1.23 bits per heavy atom. The van der Waals surface area contributed by atoms with Crippen molar-refractivity contribution in [2.45, 2.75) is 13.8 Å². The van der Waals surface area contributed by atoms with Crippen molar-refractivity contribution in [3.8, 4) is 11.6 Å². The number of pyridine rings is 1. The summed E-state index contributed by atoms with van der Waals surface area (Å²) in [7, 11) is 3.04. The van der Waals surface area contributed by atoms with Crippen LogP contribution in [0.4, 0.5) is 0 Å². The van der Waals surface area contributed by atoms with Gasteiger partial charge in [0.15, 0.2) is 6.20 Å². The Bertz CT molecular complexity index is 295. The first-order valence-electron chi connectivity index (χ1n) is 3.93. The van der Waals surface area contributed by atoms with Crippen molar-refractivity contribution in [1.29, 1.82) is 0 Å². The van der Waals surface area contributed by atoms with Gasteiger partial charge in [-0.25, -0.2) is 0 Å². The largest absolute Gasteiger partial charge is 0.616 e. The number of nitrogens with zero attached hydrogens (tertiary/aromatic N) is 1. The average molecular weight is 183 g/mol. The number of methoxy groups -OCH3 is 2. The summed E-state index contributed by atoms with van der Waals surface area (Å²) in [5.74, 6) is 0.978. The Kier molecular flexibility index (Phi) is 2.60. The summed E-state index contributed by atoms with van der Waals surface area (Å²) >= 11 is 0. The van der Waals surface area contributed by atoms with Crippen molar-refractivity contribution in [3.63, 3.8) is 0 Å². The zero-order chi connectivity index (χ0) is 10.0. The lowest BCUT2D eigenvalue weighted by atomic mass is 10.2. The summed E-state index contributed by atoms with van der Waals surface area (Å²) in [6.45, 7) is 3.61. The van der Waals surface area contributed by atoms with Crippen molar-refractivity contribution in [3.05, 3.63) is 22.5 Å². The topological polar surface area (TPSA) is 45.4 Å². The van der Waals surface area contributed by atoms with Gasteiger partial charge in [-0.15, -0.1) is 4.73 Å². The van der Waals surface area contributed by atoms with Crippen LogP contribution in [0.5, 0.6) is 11.6 Å². The molecule has 0 aromatic carbocycles. The lowest BCUT2D eigenvalue weighted by molar-refractivity contribution is -0.613. The standard InChI is InChI=1S/C9H13NO3/c1-6-5-10(11)9(13-4)7(2)8(6)12-3/h5H,1-4H3. The lowest BCUT2D eigenvalue weighted by Gasteiger charge is -2.11. The molecule has 1 heterocycles. The first kappa shape index (κ1) is 9.64. The molecule has 0 N–H and O–H groups in total. The minimum absolute atomic E-state index is 0.280. The fourth-order valence-electron chi connectivity index (χ4n) is 1.41. The first-order chi connectivity index (χ1) is 6.11. The molecule has 0 unspecified atom stereocenters. The minimum Gasteiger partial charge on any atom is -0.616 e. The minimum atomic E-state index is 0.280. The molecular weight excluding hydrogens is 170 g/mol. The van der Waals surface area contributed by atoms with Gasteiger partial charge in [-0.05, 0) is 13.8 Å². The van der Waals surface area contributed by atoms with E-state index in [1.165, 1.54) is 13.3 Å². The third kappa shape index (κ3) is 1.52. The monoisotopic (exact) mass is 183 g/mol. The van der Waals surface area contributed by atoms with Gasteiger partial charge in [0.05, 0.1) is 19.8 Å². The maximum Gasteiger partial charge on any atom is 0.385 e. The van der Waals surface area contributed by atoms with Gasteiger partial charge in [0.1, 0.15) is 11.3 Å². The number of aromatic nitrogens is 1. The highest BCUT2D eigenvalue weighted by molar-refractivity contribution is 5.41. The zero-order valence-electron chi connectivity index (χ0n) is 8.25. The third-order valence-corrected chi connectivity index (χ3v) is 1.93. The summed E-state index contributed by atoms with van der Waals surface area (Å²) in [6, 6.07) is 0. The molecule has 1 aromatic rings. The summed E-state index contributed by atoms with van der Waals surface area (Å²) in [5.41, 5.74) is 1.52. The van der Waals surface area contributed by atoms with Gasteiger partial charge in [-0.1, -0.05) is 0 Å². The summed E-state index contributed by atoms with van der Waals surface area (Å²) in [4.78, 5) is 0. The van der Waals surface area contributed by atoms with Crippen molar-refractivity contribution in [2.24, 2.45) is 0 Å². The Balaban J connectivity index is 3.39. The number of hydrogen-bond donors (Lipinski definition) is 0. The molecule has 4 nitrogen and oxygen atoms in total. The van der Waals surface area contributed by atoms with Crippen molar-refractivity contribution < 1.29 is 14.2 Å². The van der Waals surface area contributed by atoms with Crippen LogP contribution in [0.15, 0.2) is 6.20 Å². The summed E-state index contributed by atoms with van der Waals surface area (Å²) in [6.07, 6.45) is 1.44. The Hall–Kier alpha value is -1.45. The fraction of sp³-hybridized carbons (Fsp3) is 0.444. The van der Waals surface area contributed by atoms with E-state index in [-0.39, 0.29) is 5.88 Å². The SMILES string of the molecule is COc1c(C)c[n+]([O-])c(OC)c1C. The van der Waals surface area contributed by atoms with Gasteiger partial charge in [0, 0.05) is 0 Å². The highest BCUT2D eigenvalue weighted by Crippen LogP contribution is 2.26. The van der Waals surface area contributed by atoms with E-state index in [1.807, 2.05) is 6.92 Å². The molecule has 13 heavy (non-hydrogen) atoms. The predicted molar refractivity (Wildman–Crippen MR) is 48.0 cm³/mol. The van der Waals surface area contributed by atoms with Gasteiger partial charge >= 0.3 is 5.88 Å². The van der Waals surface area contributed by atoms with E-state index in [1.54, 1.807) is 14.0 Å². The Labute approximate surface area is 77.3 Å². The highest BCUT2D eigenvalue weighted by Gasteiger charge is 2.17. The number of hydrogen-bond acceptors (Lipinski definition) is 3. The summed E-state index contributed by atoms with van der Waals surface area (Å²) in [5, 5.41) is 11.3. The molecule has 0 aliphatic rings. The van der Waals surface area contributed by atoms with Crippen LogP contribution >= 0.6 is 0 Å². The van der Waals surface area contributed by atoms with Crippen molar-refractivity contribution in [2.75, 3.05) is 14.2 Å². The molecule has 4 heteroatoms. The number of ether oxygens (including phenoxy) is 2. The number of rotatable bonds is 2. The lowest BCUT2D eigenvalue weighted by Crippen LogP contribution is -2.29. The van der Waals surface area contributed by atoms with Crippen LogP contribution < -0.4 is 14.2 Å². The van der Waals surface area contributed by atoms with E-state index in [4.69, 9.17) is 9.47 Å². The van der Waals surface area contributed by atoms with E-state index < -0.39 is 0 Å². The van der Waals surface area contributed by atoms with Crippen LogP contribution in [0.1, 0.15) is 11.1 Å². The maximum absolute atomic E-state index is 11.3. The molecule has 0 radical (unpaired) electrons. The molecule has 0 atom stereocenters. The molecule has 0 amide bonds. The van der Waals surface area contributed by atoms with Gasteiger partial charge in [-0.3, -0.25) is 0 Å². The smallest absolute Gasteiger partial charge is 0.385 e. The summed E-state index contributed by atoms with van der Waals surface area (Å²) < 4.78 is 10.8. The molecule has 1 aromatic heterocycles. The maximum atomic E-state index is 11.3. The number of aryl methyl sites for hydroxylation is 1. The van der Waals surface area contributed by atoms with Crippen molar-refractivity contribution >= 4 is 0 Å². The van der Waals surface area contributed by atoms with Crippen molar-refractivity contribution in [1.82, 2.24) is 0 Å². The average Bonchev–Trinajstić information content (AvgIpc) is 2.04. The quantitative estimate of drug-likeness (QED) is 0.506. The molecule has 0 spiro atoms. The van der Waals surface area contributed by atoms with Crippen LogP contribution in [-0.2, 0) is 0 Å². The normalized spacial score (nSPS) is 9.85. The third-order valence-electron chi connectivity index (χ3n) is 1.93. The Morgan fingerprint density at radius 2 is 1.85 bits per heavy atom. The van der Waals surface area contributed by atoms with E-state index >= 15 is 0 Å². The second kappa shape index (κ2) is 3.51. The van der Waals surface area contributed by atoms with Crippen LogP contribution in [-0.4, -0.2) is 14.2 Å². The molecule has 0 aliphatic carbocycles. The van der Waals surface area contributed by atoms with Gasteiger partial charge in [0.25, 0.3) is 0 Å². The van der Waals surface area contributed by atoms with E-state index in [0.717, 1.165) is 11.1 Å². The van der Waals surface area contributed by atoms with Gasteiger partial charge in [0.2, 0.25) is 0 Å². The zero-order valence-corrected chi connectivity index (χ0v) is 8.25. The second-order valence-corrected chi connectivity index (χ2v) is 2.81. The predicted octanol–water partition coefficient (Wildman–Crippen LogP) is 0.954. The molecule has 0 saturated heterocycles. The van der Waals surface area contributed by atoms with Crippen LogP contribution in [0.3, 0.4) is 0 Å². The van der Waals surface area contributed by atoms with Gasteiger partial charge < -0.3 is 14.7 Å². The molecular formula is C9H13NO3. The van der Waals surface area contributed by atoms with E-state index in [9.17, 15) is 5.21 Å². The molecule has 1 rings (SSSR count). The fourth-order valence-corrected chi connectivity index (χ4v) is 1.41. The molecule has 0 bridgehead atoms. The molecule has 0 fully saturated rings. The Morgan fingerprint density at radius 3 is 2.31 bits per heavy atom. The molecule has 72 valence electrons. The highest BCUT2D eigenvalue weighted by atomic mass is 16.5. The van der Waals surface area contributed by atoms with Crippen LogP contribution in [0, 0.1) is 19.1 Å². The van der Waals surface area contributed by atoms with E-state index in [0.29, 0.717) is 10.5 Å². The molecule has 0 aliphatic heterocycles. The van der Waals surface area contributed by atoms with Gasteiger partial charge in [-0.2, -0.15) is 0 Å². The van der Waals surface area contributed by atoms with Crippen LogP contribution in [0.2, 0.25) is 0 Å². The van der Waals surface area contributed by atoms with E-state index in [2.05, 4.69) is 0 Å². The first-order valence-corrected chi connectivity index (χ1v) is 3.93. The molecule has 0 saturated carbocycles. The second-order valence-electron chi connectivity index (χ2n) is 2.81.